The number of carbonyl (C=O) groups excluding carboxylic acids is 3. The lowest BCUT2D eigenvalue weighted by molar-refractivity contribution is -0.146. The van der Waals surface area contributed by atoms with E-state index in [4.69, 9.17) is 16.3 Å². The summed E-state index contributed by atoms with van der Waals surface area (Å²) in [5.41, 5.74) is 2.14. The van der Waals surface area contributed by atoms with Crippen LogP contribution >= 0.6 is 11.6 Å². The molecule has 2 fully saturated rings. The number of halogens is 1. The molecule has 8 heteroatoms. The Labute approximate surface area is 252 Å². The Balaban J connectivity index is 1.75. The summed E-state index contributed by atoms with van der Waals surface area (Å²) in [6.07, 6.45) is 0.261. The molecule has 42 heavy (non-hydrogen) atoms. The maximum absolute atomic E-state index is 14.6. The molecule has 0 saturated carbocycles. The highest BCUT2D eigenvalue weighted by Gasteiger charge is 2.58. The number of rotatable bonds is 8. The number of nitrogens with zero attached hydrogens (tertiary/aromatic N) is 2. The van der Waals surface area contributed by atoms with Crippen LogP contribution in [-0.2, 0) is 9.59 Å². The summed E-state index contributed by atoms with van der Waals surface area (Å²) in [5.74, 6) is -0.922. The number of piperazine rings is 1. The predicted octanol–water partition coefficient (Wildman–Crippen LogP) is 5.36. The van der Waals surface area contributed by atoms with Gasteiger partial charge in [-0.2, -0.15) is 0 Å². The van der Waals surface area contributed by atoms with E-state index in [1.54, 1.807) is 36.3 Å². The van der Waals surface area contributed by atoms with Gasteiger partial charge < -0.3 is 19.9 Å². The number of carbonyl (C=O) groups is 3. The molecule has 1 N–H and O–H groups in total. The van der Waals surface area contributed by atoms with Gasteiger partial charge in [-0.25, -0.2) is 0 Å². The molecule has 3 aromatic rings. The van der Waals surface area contributed by atoms with Crippen molar-refractivity contribution in [2.75, 3.05) is 33.3 Å². The molecule has 4 atom stereocenters. The van der Waals surface area contributed by atoms with Crippen molar-refractivity contribution in [2.45, 2.75) is 38.3 Å². The zero-order chi connectivity index (χ0) is 29.8. The fourth-order valence-corrected chi connectivity index (χ4v) is 6.49. The zero-order valence-electron chi connectivity index (χ0n) is 24.3. The van der Waals surface area contributed by atoms with Crippen molar-refractivity contribution < 1.29 is 19.1 Å². The van der Waals surface area contributed by atoms with Crippen LogP contribution in [0.1, 0.15) is 53.7 Å². The Bertz CT molecular complexity index is 1390. The normalized spacial score (nSPS) is 22.3. The monoisotopic (exact) mass is 587 g/mol. The molecule has 5 rings (SSSR count). The smallest absolute Gasteiger partial charge is 0.246 e. The van der Waals surface area contributed by atoms with Crippen LogP contribution in [0.2, 0.25) is 5.02 Å². The van der Waals surface area contributed by atoms with Crippen LogP contribution < -0.4 is 10.1 Å². The first-order chi connectivity index (χ1) is 20.3. The van der Waals surface area contributed by atoms with Crippen LogP contribution in [0.15, 0.2) is 78.9 Å². The van der Waals surface area contributed by atoms with E-state index in [9.17, 15) is 14.4 Å². The molecule has 3 aromatic carbocycles. The van der Waals surface area contributed by atoms with Gasteiger partial charge in [0.15, 0.2) is 5.78 Å². The fraction of sp³-hybridized carbons (Fsp3) is 0.382. The maximum Gasteiger partial charge on any atom is 0.246 e. The number of amides is 2. The van der Waals surface area contributed by atoms with Gasteiger partial charge in [0.1, 0.15) is 11.8 Å². The van der Waals surface area contributed by atoms with Gasteiger partial charge in [0, 0.05) is 49.1 Å². The molecule has 4 unspecified atom stereocenters. The van der Waals surface area contributed by atoms with E-state index in [1.165, 1.54) is 0 Å². The van der Waals surface area contributed by atoms with E-state index in [-0.39, 0.29) is 29.9 Å². The molecule has 0 aromatic heterocycles. The van der Waals surface area contributed by atoms with E-state index in [2.05, 4.69) is 5.32 Å². The van der Waals surface area contributed by atoms with Gasteiger partial charge in [-0.1, -0.05) is 80.0 Å². The van der Waals surface area contributed by atoms with E-state index < -0.39 is 23.9 Å². The molecule has 0 radical (unpaired) electrons. The summed E-state index contributed by atoms with van der Waals surface area (Å²) in [7, 11) is 1.60. The maximum atomic E-state index is 14.6. The minimum Gasteiger partial charge on any atom is -0.497 e. The van der Waals surface area contributed by atoms with Gasteiger partial charge in [0.25, 0.3) is 0 Å². The quantitative estimate of drug-likeness (QED) is 0.359. The van der Waals surface area contributed by atoms with Gasteiger partial charge in [0.05, 0.1) is 19.1 Å². The summed E-state index contributed by atoms with van der Waals surface area (Å²) in [4.78, 5) is 47.0. The first kappa shape index (κ1) is 29.8. The number of nitrogens with one attached hydrogen (secondary N) is 1. The summed E-state index contributed by atoms with van der Waals surface area (Å²) < 4.78 is 5.42. The second kappa shape index (κ2) is 13.1. The molecule has 2 aliphatic rings. The number of Topliss-reactive ketones (excluding diaryl/α,β-unsaturated/α-hetero) is 1. The lowest BCUT2D eigenvalue weighted by Crippen LogP contribution is -2.55. The molecule has 0 spiro atoms. The van der Waals surface area contributed by atoms with Crippen LogP contribution in [-0.4, -0.2) is 66.7 Å². The largest absolute Gasteiger partial charge is 0.497 e. The van der Waals surface area contributed by atoms with Crippen molar-refractivity contribution >= 4 is 29.2 Å². The number of hydrogen-bond donors (Lipinski definition) is 1. The van der Waals surface area contributed by atoms with Crippen molar-refractivity contribution in [2.24, 2.45) is 11.8 Å². The lowest BCUT2D eigenvalue weighted by atomic mass is 9.76. The van der Waals surface area contributed by atoms with Crippen molar-refractivity contribution in [3.63, 3.8) is 0 Å². The molecule has 0 aliphatic carbocycles. The summed E-state index contributed by atoms with van der Waals surface area (Å²) in [5, 5.41) is 3.87. The van der Waals surface area contributed by atoms with Crippen LogP contribution in [0.25, 0.3) is 0 Å². The van der Waals surface area contributed by atoms with E-state index >= 15 is 0 Å². The third-order valence-corrected chi connectivity index (χ3v) is 8.54. The second-order valence-corrected chi connectivity index (χ2v) is 11.9. The Morgan fingerprint density at radius 1 is 0.905 bits per heavy atom. The predicted molar refractivity (Wildman–Crippen MR) is 164 cm³/mol. The van der Waals surface area contributed by atoms with Gasteiger partial charge in [-0.3, -0.25) is 14.4 Å². The average Bonchev–Trinajstić information content (AvgIpc) is 3.37. The molecule has 2 aliphatic heterocycles. The Morgan fingerprint density at radius 2 is 1.52 bits per heavy atom. The summed E-state index contributed by atoms with van der Waals surface area (Å²) in [6, 6.07) is 22.5. The molecule has 2 amide bonds. The summed E-state index contributed by atoms with van der Waals surface area (Å²) >= 11 is 6.30. The van der Waals surface area contributed by atoms with Gasteiger partial charge in [-0.15, -0.1) is 0 Å². The number of likely N-dealkylation sites (tertiary alicyclic amines) is 1. The van der Waals surface area contributed by atoms with Crippen LogP contribution in [0.5, 0.6) is 5.75 Å². The lowest BCUT2D eigenvalue weighted by Gasteiger charge is -2.36. The molecule has 2 saturated heterocycles. The molecular weight excluding hydrogens is 550 g/mol. The fourth-order valence-electron chi connectivity index (χ4n) is 6.37. The molecule has 220 valence electrons. The molecule has 2 heterocycles. The molecule has 7 nitrogen and oxygen atoms in total. The minimum absolute atomic E-state index is 0.0711. The first-order valence-electron chi connectivity index (χ1n) is 14.6. The van der Waals surface area contributed by atoms with Crippen LogP contribution in [0.4, 0.5) is 0 Å². The Hall–Kier alpha value is -3.68. The highest BCUT2D eigenvalue weighted by Crippen LogP contribution is 2.52. The first-order valence-corrected chi connectivity index (χ1v) is 15.0. The summed E-state index contributed by atoms with van der Waals surface area (Å²) in [6.45, 7) is 6.43. The number of benzene rings is 3. The Kier molecular flexibility index (Phi) is 9.29. The standard InChI is InChI=1S/C34H38ClN3O4/c1-22(2)21-28(39)38-31(24-11-15-27(42-3)16-12-24)30(33(40)25-7-5-4-6-8-25)29(23-9-13-26(35)14-10-23)32(38)34(41)37-19-17-36-18-20-37/h4-16,22,29-32,36H,17-21H2,1-3H3. The van der Waals surface area contributed by atoms with Crippen LogP contribution in [0, 0.1) is 11.8 Å². The van der Waals surface area contributed by atoms with Crippen molar-refractivity contribution in [1.29, 1.82) is 0 Å². The van der Waals surface area contributed by atoms with E-state index in [1.807, 2.05) is 73.3 Å². The SMILES string of the molecule is COc1ccc(C2C(C(=O)c3ccccc3)C(c3ccc(Cl)cc3)C(C(=O)N3CCNCC3)N2C(=O)CC(C)C)cc1. The number of hydrogen-bond acceptors (Lipinski definition) is 5. The van der Waals surface area contributed by atoms with E-state index in [0.29, 0.717) is 42.5 Å². The molecular formula is C34H38ClN3O4. The average molecular weight is 588 g/mol. The van der Waals surface area contributed by atoms with Gasteiger partial charge in [0.2, 0.25) is 11.8 Å². The topological polar surface area (TPSA) is 79.0 Å². The number of ketones is 1. The van der Waals surface area contributed by atoms with Crippen molar-refractivity contribution in [3.05, 3.63) is 101 Å². The molecule has 0 bridgehead atoms. The number of methoxy groups -OCH3 is 1. The minimum atomic E-state index is -0.861. The van der Waals surface area contributed by atoms with Crippen LogP contribution in [0.3, 0.4) is 0 Å². The highest BCUT2D eigenvalue weighted by molar-refractivity contribution is 6.30. The third-order valence-electron chi connectivity index (χ3n) is 8.29. The van der Waals surface area contributed by atoms with E-state index in [0.717, 1.165) is 11.1 Å². The van der Waals surface area contributed by atoms with Gasteiger partial charge in [-0.05, 0) is 41.3 Å². The van der Waals surface area contributed by atoms with Gasteiger partial charge >= 0.3 is 0 Å². The Morgan fingerprint density at radius 3 is 2.12 bits per heavy atom. The highest BCUT2D eigenvalue weighted by atomic mass is 35.5. The number of ether oxygens (including phenoxy) is 1. The van der Waals surface area contributed by atoms with Crippen molar-refractivity contribution in [1.82, 2.24) is 15.1 Å². The second-order valence-electron chi connectivity index (χ2n) is 11.5. The third kappa shape index (κ3) is 6.08. The van der Waals surface area contributed by atoms with Crippen molar-refractivity contribution in [3.8, 4) is 5.75 Å². The zero-order valence-corrected chi connectivity index (χ0v) is 25.1.